The second-order valence-corrected chi connectivity index (χ2v) is 11.8. The van der Waals surface area contributed by atoms with Gasteiger partial charge in [-0.25, -0.2) is 8.42 Å². The van der Waals surface area contributed by atoms with Crippen LogP contribution >= 0.6 is 0 Å². The number of rotatable bonds is 12. The third-order valence-corrected chi connectivity index (χ3v) is 8.88. The van der Waals surface area contributed by atoms with Crippen molar-refractivity contribution in [2.24, 2.45) is 0 Å². The predicted octanol–water partition coefficient (Wildman–Crippen LogP) is 4.76. The summed E-state index contributed by atoms with van der Waals surface area (Å²) in [6.07, 6.45) is 3.97. The van der Waals surface area contributed by atoms with Crippen LogP contribution < -0.4 is 14.4 Å². The summed E-state index contributed by atoms with van der Waals surface area (Å²) in [6.45, 7) is 3.47. The molecule has 1 atom stereocenters. The van der Waals surface area contributed by atoms with Crippen LogP contribution in [0.25, 0.3) is 0 Å². The van der Waals surface area contributed by atoms with Crippen molar-refractivity contribution < 1.29 is 22.7 Å². The van der Waals surface area contributed by atoms with Crippen molar-refractivity contribution in [3.8, 4) is 5.75 Å². The van der Waals surface area contributed by atoms with Gasteiger partial charge in [0.1, 0.15) is 18.3 Å². The van der Waals surface area contributed by atoms with E-state index in [1.54, 1.807) is 49.4 Å². The molecule has 0 aliphatic heterocycles. The van der Waals surface area contributed by atoms with Crippen molar-refractivity contribution in [2.45, 2.75) is 63.1 Å². The zero-order valence-electron chi connectivity index (χ0n) is 23.0. The molecule has 0 heterocycles. The minimum atomic E-state index is -4.16. The lowest BCUT2D eigenvalue weighted by Gasteiger charge is -2.33. The number of nitrogens with one attached hydrogen (secondary N) is 1. The van der Waals surface area contributed by atoms with Gasteiger partial charge in [-0.1, -0.05) is 73.5 Å². The summed E-state index contributed by atoms with van der Waals surface area (Å²) in [5.74, 6) is -0.397. The van der Waals surface area contributed by atoms with Crippen molar-refractivity contribution in [1.82, 2.24) is 10.2 Å². The summed E-state index contributed by atoms with van der Waals surface area (Å²) in [7, 11) is -4.16. The molecule has 40 heavy (non-hydrogen) atoms. The Labute approximate surface area is 237 Å². The van der Waals surface area contributed by atoms with E-state index in [0.717, 1.165) is 35.6 Å². The number of para-hydroxylation sites is 2. The molecule has 3 aromatic carbocycles. The van der Waals surface area contributed by atoms with Gasteiger partial charge in [-0.2, -0.15) is 0 Å². The van der Waals surface area contributed by atoms with Crippen molar-refractivity contribution in [3.63, 3.8) is 0 Å². The molecule has 1 aliphatic carbocycles. The average Bonchev–Trinajstić information content (AvgIpc) is 3.49. The quantitative estimate of drug-likeness (QED) is 0.343. The fourth-order valence-electron chi connectivity index (χ4n) is 4.93. The van der Waals surface area contributed by atoms with E-state index in [9.17, 15) is 18.0 Å². The Balaban J connectivity index is 1.70. The summed E-state index contributed by atoms with van der Waals surface area (Å²) in [4.78, 5) is 28.9. The van der Waals surface area contributed by atoms with Gasteiger partial charge < -0.3 is 15.0 Å². The average molecular weight is 564 g/mol. The fourth-order valence-corrected chi connectivity index (χ4v) is 6.37. The molecular weight excluding hydrogens is 526 g/mol. The normalized spacial score (nSPS) is 14.3. The molecule has 0 spiro atoms. The number of nitrogens with zero attached hydrogens (tertiary/aromatic N) is 2. The highest BCUT2D eigenvalue weighted by Crippen LogP contribution is 2.33. The van der Waals surface area contributed by atoms with Gasteiger partial charge in [0.05, 0.1) is 17.2 Å². The minimum absolute atomic E-state index is 0.0516. The first kappa shape index (κ1) is 29.1. The lowest BCUT2D eigenvalue weighted by molar-refractivity contribution is -0.139. The first-order valence-corrected chi connectivity index (χ1v) is 15.2. The third kappa shape index (κ3) is 7.01. The van der Waals surface area contributed by atoms with Crippen LogP contribution in [-0.4, -0.2) is 50.4 Å². The van der Waals surface area contributed by atoms with Gasteiger partial charge in [-0.15, -0.1) is 0 Å². The fraction of sp³-hybridized carbons (Fsp3) is 0.355. The van der Waals surface area contributed by atoms with Gasteiger partial charge in [0, 0.05) is 12.6 Å². The summed E-state index contributed by atoms with van der Waals surface area (Å²) in [6, 6.07) is 23.4. The number of amides is 2. The highest BCUT2D eigenvalue weighted by molar-refractivity contribution is 7.92. The van der Waals surface area contributed by atoms with Gasteiger partial charge in [-0.05, 0) is 56.5 Å². The Bertz CT molecular complexity index is 1380. The summed E-state index contributed by atoms with van der Waals surface area (Å²) in [5.41, 5.74) is 1.09. The maximum atomic E-state index is 14.1. The molecule has 4 rings (SSSR count). The second kappa shape index (κ2) is 13.5. The van der Waals surface area contributed by atoms with Crippen LogP contribution in [0.2, 0.25) is 0 Å². The Kier molecular flexibility index (Phi) is 9.82. The Morgan fingerprint density at radius 1 is 0.925 bits per heavy atom. The molecule has 9 heteroatoms. The van der Waals surface area contributed by atoms with Gasteiger partial charge >= 0.3 is 0 Å². The molecule has 0 radical (unpaired) electrons. The van der Waals surface area contributed by atoms with Crippen molar-refractivity contribution in [1.29, 1.82) is 0 Å². The number of anilines is 1. The summed E-state index contributed by atoms with van der Waals surface area (Å²) in [5, 5.41) is 3.08. The molecule has 3 aromatic rings. The topological polar surface area (TPSA) is 96.0 Å². The van der Waals surface area contributed by atoms with Crippen LogP contribution in [0.3, 0.4) is 0 Å². The van der Waals surface area contributed by atoms with E-state index in [4.69, 9.17) is 4.74 Å². The highest BCUT2D eigenvalue weighted by atomic mass is 32.2. The molecule has 0 unspecified atom stereocenters. The van der Waals surface area contributed by atoms with Crippen LogP contribution in [0.5, 0.6) is 5.75 Å². The highest BCUT2D eigenvalue weighted by Gasteiger charge is 2.34. The van der Waals surface area contributed by atoms with Crippen LogP contribution in [0, 0.1) is 0 Å². The maximum Gasteiger partial charge on any atom is 0.264 e. The lowest BCUT2D eigenvalue weighted by Crippen LogP contribution is -2.52. The summed E-state index contributed by atoms with van der Waals surface area (Å²) < 4.78 is 34.8. The minimum Gasteiger partial charge on any atom is -0.492 e. The van der Waals surface area contributed by atoms with E-state index < -0.39 is 28.5 Å². The zero-order chi connectivity index (χ0) is 28.5. The van der Waals surface area contributed by atoms with Crippen LogP contribution in [0.4, 0.5) is 5.69 Å². The zero-order valence-corrected chi connectivity index (χ0v) is 23.8. The van der Waals surface area contributed by atoms with Crippen LogP contribution in [-0.2, 0) is 26.2 Å². The Hall–Kier alpha value is -3.85. The Morgan fingerprint density at radius 2 is 1.52 bits per heavy atom. The van der Waals surface area contributed by atoms with E-state index in [1.807, 2.05) is 37.3 Å². The molecular formula is C31H37N3O5S. The molecule has 8 nitrogen and oxygen atoms in total. The first-order chi connectivity index (χ1) is 19.3. The Morgan fingerprint density at radius 3 is 2.17 bits per heavy atom. The molecule has 1 aliphatic rings. The molecule has 1 N–H and O–H groups in total. The number of hydrogen-bond donors (Lipinski definition) is 1. The van der Waals surface area contributed by atoms with Crippen LogP contribution in [0.1, 0.15) is 45.1 Å². The molecule has 0 bridgehead atoms. The lowest BCUT2D eigenvalue weighted by atomic mass is 10.1. The number of hydrogen-bond acceptors (Lipinski definition) is 5. The van der Waals surface area contributed by atoms with Gasteiger partial charge in [0.2, 0.25) is 11.8 Å². The second-order valence-electron chi connectivity index (χ2n) is 9.90. The van der Waals surface area contributed by atoms with E-state index in [2.05, 4.69) is 5.32 Å². The van der Waals surface area contributed by atoms with E-state index >= 15 is 0 Å². The van der Waals surface area contributed by atoms with E-state index in [1.165, 1.54) is 17.0 Å². The van der Waals surface area contributed by atoms with Gasteiger partial charge in [0.25, 0.3) is 10.0 Å². The summed E-state index contributed by atoms with van der Waals surface area (Å²) >= 11 is 0. The smallest absolute Gasteiger partial charge is 0.264 e. The number of sulfonamides is 1. The van der Waals surface area contributed by atoms with E-state index in [-0.39, 0.29) is 29.1 Å². The van der Waals surface area contributed by atoms with E-state index in [0.29, 0.717) is 12.4 Å². The standard InChI is InChI=1S/C31H37N3O5S/c1-3-39-29-21-13-12-20-28(29)34(40(37,38)27-18-8-5-9-19-27)23-30(35)33(22-25-14-6-4-7-15-25)24(2)31(36)32-26-16-10-11-17-26/h4-9,12-15,18-21,24,26H,3,10-11,16-17,22-23H2,1-2H3,(H,32,36)/t24-/m1/s1. The number of carbonyl (C=O) groups is 2. The van der Waals surface area contributed by atoms with Crippen molar-refractivity contribution in [3.05, 3.63) is 90.5 Å². The van der Waals surface area contributed by atoms with Crippen molar-refractivity contribution >= 4 is 27.5 Å². The third-order valence-electron chi connectivity index (χ3n) is 7.11. The predicted molar refractivity (Wildman–Crippen MR) is 155 cm³/mol. The molecule has 2 amide bonds. The maximum absolute atomic E-state index is 14.1. The molecule has 1 saturated carbocycles. The molecule has 1 fully saturated rings. The number of carbonyl (C=O) groups excluding carboxylic acids is 2. The van der Waals surface area contributed by atoms with Gasteiger partial charge in [0.15, 0.2) is 0 Å². The monoisotopic (exact) mass is 563 g/mol. The van der Waals surface area contributed by atoms with Crippen LogP contribution in [0.15, 0.2) is 89.8 Å². The van der Waals surface area contributed by atoms with Crippen molar-refractivity contribution in [2.75, 3.05) is 17.5 Å². The van der Waals surface area contributed by atoms with Gasteiger partial charge in [-0.3, -0.25) is 13.9 Å². The first-order valence-electron chi connectivity index (χ1n) is 13.7. The molecule has 212 valence electrons. The number of benzene rings is 3. The largest absolute Gasteiger partial charge is 0.492 e. The molecule has 0 saturated heterocycles. The number of ether oxygens (including phenoxy) is 1. The SMILES string of the molecule is CCOc1ccccc1N(CC(=O)N(Cc1ccccc1)[C@H](C)C(=O)NC1CCCC1)S(=O)(=O)c1ccccc1. The molecule has 0 aromatic heterocycles.